The smallest absolute Gasteiger partial charge is 0.213 e. The Kier molecular flexibility index (Phi) is 6.20. The summed E-state index contributed by atoms with van der Waals surface area (Å²) in [7, 11) is -3.22. The highest BCUT2D eigenvalue weighted by molar-refractivity contribution is 7.89. The highest BCUT2D eigenvalue weighted by Crippen LogP contribution is 2.13. The summed E-state index contributed by atoms with van der Waals surface area (Å²) in [5.41, 5.74) is 0. The predicted octanol–water partition coefficient (Wildman–Crippen LogP) is 1.12. The Balaban J connectivity index is 2.36. The van der Waals surface area contributed by atoms with Crippen molar-refractivity contribution in [1.82, 2.24) is 15.0 Å². The van der Waals surface area contributed by atoms with Crippen molar-refractivity contribution in [3.8, 4) is 0 Å². The zero-order valence-electron chi connectivity index (χ0n) is 11.1. The van der Waals surface area contributed by atoms with Crippen LogP contribution in [-0.4, -0.2) is 31.7 Å². The Bertz CT molecular complexity index is 455. The number of hydrogen-bond donors (Lipinski definition) is 2. The van der Waals surface area contributed by atoms with Gasteiger partial charge in [0.25, 0.3) is 0 Å². The molecular formula is C11H21N3O2S2. The summed E-state index contributed by atoms with van der Waals surface area (Å²) in [5.74, 6) is 0.0944. The second-order valence-electron chi connectivity index (χ2n) is 4.32. The molecule has 1 aromatic heterocycles. The van der Waals surface area contributed by atoms with Crippen LogP contribution in [0.2, 0.25) is 0 Å². The van der Waals surface area contributed by atoms with Crippen molar-refractivity contribution in [3.63, 3.8) is 0 Å². The number of hydrogen-bond acceptors (Lipinski definition) is 5. The topological polar surface area (TPSA) is 71.1 Å². The van der Waals surface area contributed by atoms with E-state index < -0.39 is 10.0 Å². The van der Waals surface area contributed by atoms with Gasteiger partial charge in [0.1, 0.15) is 5.01 Å². The van der Waals surface area contributed by atoms with Gasteiger partial charge in [0, 0.05) is 23.7 Å². The molecular weight excluding hydrogens is 270 g/mol. The van der Waals surface area contributed by atoms with E-state index in [1.165, 1.54) is 4.88 Å². The first-order chi connectivity index (χ1) is 8.43. The van der Waals surface area contributed by atoms with Crippen LogP contribution >= 0.6 is 11.3 Å². The Morgan fingerprint density at radius 3 is 2.72 bits per heavy atom. The van der Waals surface area contributed by atoms with Gasteiger partial charge in [-0.15, -0.1) is 11.3 Å². The lowest BCUT2D eigenvalue weighted by Gasteiger charge is -2.08. The third-order valence-electron chi connectivity index (χ3n) is 2.32. The van der Waals surface area contributed by atoms with E-state index in [0.29, 0.717) is 12.6 Å². The van der Waals surface area contributed by atoms with Gasteiger partial charge in [-0.2, -0.15) is 0 Å². The van der Waals surface area contributed by atoms with Crippen LogP contribution in [0.25, 0.3) is 0 Å². The van der Waals surface area contributed by atoms with Crippen LogP contribution < -0.4 is 10.0 Å². The first kappa shape index (κ1) is 15.6. The minimum atomic E-state index is -3.22. The van der Waals surface area contributed by atoms with Crippen molar-refractivity contribution < 1.29 is 8.42 Å². The standard InChI is InChI=1S/C11H21N3O2S2/c1-4-10-7-13-11(17-10)8-14-18(15,16)6-5-12-9(2)3/h7,9,12,14H,4-6,8H2,1-3H3. The van der Waals surface area contributed by atoms with Crippen LogP contribution in [0.15, 0.2) is 6.20 Å². The van der Waals surface area contributed by atoms with Gasteiger partial charge in [-0.25, -0.2) is 18.1 Å². The summed E-state index contributed by atoms with van der Waals surface area (Å²) in [5, 5.41) is 3.89. The molecule has 0 amide bonds. The number of sulfonamides is 1. The molecule has 0 aliphatic carbocycles. The maximum atomic E-state index is 11.7. The van der Waals surface area contributed by atoms with Crippen LogP contribution in [0.4, 0.5) is 0 Å². The van der Waals surface area contributed by atoms with Gasteiger partial charge < -0.3 is 5.32 Å². The average Bonchev–Trinajstić information content (AvgIpc) is 2.73. The molecule has 2 N–H and O–H groups in total. The van der Waals surface area contributed by atoms with Crippen molar-refractivity contribution in [2.24, 2.45) is 0 Å². The minimum absolute atomic E-state index is 0.0944. The Morgan fingerprint density at radius 2 is 2.17 bits per heavy atom. The van der Waals surface area contributed by atoms with E-state index in [9.17, 15) is 8.42 Å². The van der Waals surface area contributed by atoms with Gasteiger partial charge in [-0.1, -0.05) is 20.8 Å². The normalized spacial score (nSPS) is 12.2. The van der Waals surface area contributed by atoms with Crippen LogP contribution in [0.1, 0.15) is 30.7 Å². The van der Waals surface area contributed by atoms with Crippen molar-refractivity contribution in [3.05, 3.63) is 16.1 Å². The molecule has 0 aliphatic heterocycles. The van der Waals surface area contributed by atoms with Gasteiger partial charge in [-0.05, 0) is 6.42 Å². The van der Waals surface area contributed by atoms with Gasteiger partial charge in [0.15, 0.2) is 0 Å². The van der Waals surface area contributed by atoms with Crippen molar-refractivity contribution in [2.75, 3.05) is 12.3 Å². The molecule has 0 spiro atoms. The summed E-state index contributed by atoms with van der Waals surface area (Å²) in [6, 6.07) is 0.297. The summed E-state index contributed by atoms with van der Waals surface area (Å²) in [6.07, 6.45) is 2.73. The molecule has 0 bridgehead atoms. The molecule has 0 saturated carbocycles. The number of nitrogens with one attached hydrogen (secondary N) is 2. The molecule has 18 heavy (non-hydrogen) atoms. The molecule has 0 aliphatic rings. The van der Waals surface area contributed by atoms with Gasteiger partial charge in [0.05, 0.1) is 12.3 Å². The van der Waals surface area contributed by atoms with Gasteiger partial charge >= 0.3 is 0 Å². The zero-order chi connectivity index (χ0) is 13.6. The van der Waals surface area contributed by atoms with Crippen molar-refractivity contribution in [1.29, 1.82) is 0 Å². The van der Waals surface area contributed by atoms with Gasteiger partial charge in [0.2, 0.25) is 10.0 Å². The van der Waals surface area contributed by atoms with E-state index in [-0.39, 0.29) is 12.3 Å². The molecule has 1 rings (SSSR count). The number of aryl methyl sites for hydroxylation is 1. The zero-order valence-corrected chi connectivity index (χ0v) is 12.7. The van der Waals surface area contributed by atoms with Crippen LogP contribution in [0.3, 0.4) is 0 Å². The fraction of sp³-hybridized carbons (Fsp3) is 0.727. The first-order valence-corrected chi connectivity index (χ1v) is 8.54. The van der Waals surface area contributed by atoms with Crippen molar-refractivity contribution >= 4 is 21.4 Å². The van der Waals surface area contributed by atoms with E-state index in [2.05, 4.69) is 21.9 Å². The van der Waals surface area contributed by atoms with Crippen LogP contribution in [0, 0.1) is 0 Å². The minimum Gasteiger partial charge on any atom is -0.313 e. The van der Waals surface area contributed by atoms with Crippen molar-refractivity contribution in [2.45, 2.75) is 39.8 Å². The SMILES string of the molecule is CCc1cnc(CNS(=O)(=O)CCNC(C)C)s1. The predicted molar refractivity (Wildman–Crippen MR) is 75.3 cm³/mol. The van der Waals surface area contributed by atoms with E-state index >= 15 is 0 Å². The molecule has 0 unspecified atom stereocenters. The molecule has 1 aromatic rings. The van der Waals surface area contributed by atoms with E-state index in [4.69, 9.17) is 0 Å². The van der Waals surface area contributed by atoms with E-state index in [1.807, 2.05) is 13.8 Å². The molecule has 1 heterocycles. The van der Waals surface area contributed by atoms with Crippen LogP contribution in [-0.2, 0) is 23.0 Å². The Labute approximate surface area is 113 Å². The highest BCUT2D eigenvalue weighted by atomic mass is 32.2. The Morgan fingerprint density at radius 1 is 1.44 bits per heavy atom. The number of rotatable bonds is 8. The summed E-state index contributed by atoms with van der Waals surface area (Å²) in [6.45, 7) is 6.78. The molecule has 0 saturated heterocycles. The maximum absolute atomic E-state index is 11.7. The third-order valence-corrected chi connectivity index (χ3v) is 4.78. The first-order valence-electron chi connectivity index (χ1n) is 6.07. The third kappa shape index (κ3) is 5.90. The molecule has 0 aromatic carbocycles. The second-order valence-corrected chi connectivity index (χ2v) is 7.45. The fourth-order valence-electron chi connectivity index (χ4n) is 1.32. The quantitative estimate of drug-likeness (QED) is 0.753. The highest BCUT2D eigenvalue weighted by Gasteiger charge is 2.11. The lowest BCUT2D eigenvalue weighted by molar-refractivity contribution is 0.566. The lowest BCUT2D eigenvalue weighted by atomic mass is 10.4. The second kappa shape index (κ2) is 7.18. The number of thiazole rings is 1. The molecule has 0 radical (unpaired) electrons. The lowest BCUT2D eigenvalue weighted by Crippen LogP contribution is -2.34. The van der Waals surface area contributed by atoms with E-state index in [0.717, 1.165) is 11.4 Å². The van der Waals surface area contributed by atoms with Crippen LogP contribution in [0.5, 0.6) is 0 Å². The molecule has 7 heteroatoms. The molecule has 0 fully saturated rings. The summed E-state index contributed by atoms with van der Waals surface area (Å²) >= 11 is 1.55. The molecule has 0 atom stereocenters. The van der Waals surface area contributed by atoms with Gasteiger partial charge in [-0.3, -0.25) is 0 Å². The molecule has 104 valence electrons. The largest absolute Gasteiger partial charge is 0.313 e. The summed E-state index contributed by atoms with van der Waals surface area (Å²) < 4.78 is 25.9. The molecule has 5 nitrogen and oxygen atoms in total. The number of nitrogens with zero attached hydrogens (tertiary/aromatic N) is 1. The number of aromatic nitrogens is 1. The fourth-order valence-corrected chi connectivity index (χ4v) is 3.10. The average molecular weight is 291 g/mol. The Hall–Kier alpha value is -0.500. The summed E-state index contributed by atoms with van der Waals surface area (Å²) in [4.78, 5) is 5.35. The maximum Gasteiger partial charge on any atom is 0.213 e. The van der Waals surface area contributed by atoms with E-state index in [1.54, 1.807) is 17.5 Å². The monoisotopic (exact) mass is 291 g/mol.